The lowest BCUT2D eigenvalue weighted by molar-refractivity contribution is -0.192. The Morgan fingerprint density at radius 3 is 2.08 bits per heavy atom. The van der Waals surface area contributed by atoms with Gasteiger partial charge in [0.05, 0.1) is 5.56 Å². The number of carbonyl (C=O) groups is 2. The molecule has 2 N–H and O–H groups in total. The minimum atomic E-state index is -5.08. The first-order chi connectivity index (χ1) is 18.1. The van der Waals surface area contributed by atoms with Gasteiger partial charge in [-0.2, -0.15) is 26.3 Å². The van der Waals surface area contributed by atoms with Crippen LogP contribution in [0.2, 0.25) is 0 Å². The summed E-state index contributed by atoms with van der Waals surface area (Å²) in [5.41, 5.74) is 1.72. The van der Waals surface area contributed by atoms with Crippen LogP contribution in [0.5, 0.6) is 0 Å². The van der Waals surface area contributed by atoms with Gasteiger partial charge in [-0.15, -0.1) is 0 Å². The number of rotatable bonds is 8. The number of alkyl halides is 6. The molecule has 3 rings (SSSR count). The van der Waals surface area contributed by atoms with Gasteiger partial charge in [0.25, 0.3) is 0 Å². The first kappa shape index (κ1) is 32.7. The summed E-state index contributed by atoms with van der Waals surface area (Å²) < 4.78 is 71.0. The highest BCUT2D eigenvalue weighted by Crippen LogP contribution is 2.42. The van der Waals surface area contributed by atoms with Crippen molar-refractivity contribution in [3.05, 3.63) is 47.0 Å². The number of nitrogens with zero attached hydrogens (tertiary/aromatic N) is 1. The molecule has 2 aliphatic carbocycles. The van der Waals surface area contributed by atoms with Gasteiger partial charge in [0.1, 0.15) is 0 Å². The molecule has 5 nitrogen and oxygen atoms in total. The molecule has 11 heteroatoms. The SMILES string of the molecule is CC(C)CN(CC1=CCCCC1)[C@@H]1CC[C@@H](CC(=O)O)C[C@H]1c1ccc(C(F)(F)F)cc1.O=C(O)C(F)(F)F. The van der Waals surface area contributed by atoms with Crippen LogP contribution in [0.25, 0.3) is 0 Å². The smallest absolute Gasteiger partial charge is 0.481 e. The molecule has 1 aromatic carbocycles. The lowest BCUT2D eigenvalue weighted by Crippen LogP contribution is -2.45. The molecule has 3 atom stereocenters. The Labute approximate surface area is 224 Å². The Morgan fingerprint density at radius 2 is 1.62 bits per heavy atom. The summed E-state index contributed by atoms with van der Waals surface area (Å²) in [6.45, 7) is 6.24. The van der Waals surface area contributed by atoms with Gasteiger partial charge in [0.2, 0.25) is 0 Å². The van der Waals surface area contributed by atoms with Crippen molar-refractivity contribution < 1.29 is 46.1 Å². The van der Waals surface area contributed by atoms with E-state index in [1.165, 1.54) is 30.5 Å². The molecule has 0 aliphatic heterocycles. The summed E-state index contributed by atoms with van der Waals surface area (Å²) in [6.07, 6.45) is 0.178. The van der Waals surface area contributed by atoms with Crippen LogP contribution in [0, 0.1) is 11.8 Å². The Hall–Kier alpha value is -2.56. The average Bonchev–Trinajstić information content (AvgIpc) is 2.83. The number of aliphatic carboxylic acids is 2. The lowest BCUT2D eigenvalue weighted by atomic mass is 9.72. The van der Waals surface area contributed by atoms with Gasteiger partial charge in [0, 0.05) is 25.6 Å². The van der Waals surface area contributed by atoms with E-state index in [0.717, 1.165) is 44.3 Å². The monoisotopic (exact) mass is 565 g/mol. The van der Waals surface area contributed by atoms with E-state index >= 15 is 0 Å². The zero-order valence-electron chi connectivity index (χ0n) is 22.2. The van der Waals surface area contributed by atoms with E-state index in [2.05, 4.69) is 24.8 Å². The summed E-state index contributed by atoms with van der Waals surface area (Å²) in [4.78, 5) is 22.8. The molecule has 0 saturated heterocycles. The molecule has 39 heavy (non-hydrogen) atoms. The quantitative estimate of drug-likeness (QED) is 0.252. The molecule has 0 radical (unpaired) electrons. The number of allylic oxidation sites excluding steroid dienone is 1. The molecule has 220 valence electrons. The van der Waals surface area contributed by atoms with Gasteiger partial charge < -0.3 is 10.2 Å². The standard InChI is InChI=1S/C26H36F3NO2.C2HF3O2/c1-18(2)16-30(17-19-6-4-3-5-7-19)24-13-8-20(15-25(31)32)14-23(24)21-9-11-22(12-10-21)26(27,28)29;3-2(4,5)1(6)7/h6,9-12,18,20,23-24H,3-5,7-8,13-17H2,1-2H3,(H,31,32);(H,6,7)/t20-,23+,24-;/m1./s1. The third-order valence-electron chi connectivity index (χ3n) is 7.15. The number of carboxylic acid groups (broad SMARTS) is 2. The highest BCUT2D eigenvalue weighted by molar-refractivity contribution is 5.73. The highest BCUT2D eigenvalue weighted by Gasteiger charge is 2.39. The largest absolute Gasteiger partial charge is 0.490 e. The second-order valence-corrected chi connectivity index (χ2v) is 10.8. The maximum atomic E-state index is 13.1. The number of hydrogen-bond donors (Lipinski definition) is 2. The molecule has 1 fully saturated rings. The summed E-state index contributed by atoms with van der Waals surface area (Å²) in [7, 11) is 0. The van der Waals surface area contributed by atoms with Crippen molar-refractivity contribution in [1.82, 2.24) is 4.90 Å². The minimum absolute atomic E-state index is 0.0401. The summed E-state index contributed by atoms with van der Waals surface area (Å²) in [5, 5.41) is 16.4. The second-order valence-electron chi connectivity index (χ2n) is 10.8. The van der Waals surface area contributed by atoms with E-state index in [-0.39, 0.29) is 24.3 Å². The molecule has 1 saturated carbocycles. The molecule has 0 heterocycles. The molecule has 0 amide bonds. The average molecular weight is 566 g/mol. The molecular weight excluding hydrogens is 528 g/mol. The Bertz CT molecular complexity index is 972. The molecule has 0 spiro atoms. The zero-order valence-corrected chi connectivity index (χ0v) is 22.2. The number of benzene rings is 1. The van der Waals surface area contributed by atoms with E-state index in [4.69, 9.17) is 9.90 Å². The number of halogens is 6. The van der Waals surface area contributed by atoms with Crippen molar-refractivity contribution >= 4 is 11.9 Å². The summed E-state index contributed by atoms with van der Waals surface area (Å²) in [5.74, 6) is -2.98. The summed E-state index contributed by atoms with van der Waals surface area (Å²) in [6, 6.07) is 5.77. The Kier molecular flexibility index (Phi) is 11.9. The van der Waals surface area contributed by atoms with Crippen molar-refractivity contribution in [2.24, 2.45) is 11.8 Å². The first-order valence-electron chi connectivity index (χ1n) is 13.2. The number of carboxylic acids is 2. The van der Waals surface area contributed by atoms with Crippen LogP contribution < -0.4 is 0 Å². The normalized spacial score (nSPS) is 22.2. The van der Waals surface area contributed by atoms with Crippen molar-refractivity contribution in [2.75, 3.05) is 13.1 Å². The number of hydrogen-bond acceptors (Lipinski definition) is 3. The Balaban J connectivity index is 0.000000673. The van der Waals surface area contributed by atoms with Crippen LogP contribution in [-0.2, 0) is 15.8 Å². The van der Waals surface area contributed by atoms with E-state index in [1.54, 1.807) is 12.1 Å². The van der Waals surface area contributed by atoms with Crippen molar-refractivity contribution in [2.45, 2.75) is 89.5 Å². The maximum Gasteiger partial charge on any atom is 0.490 e. The van der Waals surface area contributed by atoms with E-state index < -0.39 is 29.9 Å². The molecule has 0 unspecified atom stereocenters. The van der Waals surface area contributed by atoms with Crippen molar-refractivity contribution in [1.29, 1.82) is 0 Å². The van der Waals surface area contributed by atoms with Crippen LogP contribution >= 0.6 is 0 Å². The van der Waals surface area contributed by atoms with Gasteiger partial charge in [-0.25, -0.2) is 4.79 Å². The molecule has 0 bridgehead atoms. The molecule has 2 aliphatic rings. The summed E-state index contributed by atoms with van der Waals surface area (Å²) >= 11 is 0. The van der Waals surface area contributed by atoms with Gasteiger partial charge in [0.15, 0.2) is 0 Å². The van der Waals surface area contributed by atoms with Gasteiger partial charge >= 0.3 is 24.3 Å². The van der Waals surface area contributed by atoms with Crippen LogP contribution in [0.3, 0.4) is 0 Å². The van der Waals surface area contributed by atoms with Gasteiger partial charge in [-0.1, -0.05) is 37.6 Å². The van der Waals surface area contributed by atoms with E-state index in [0.29, 0.717) is 12.3 Å². The van der Waals surface area contributed by atoms with E-state index in [1.807, 2.05) is 0 Å². The van der Waals surface area contributed by atoms with Crippen LogP contribution in [0.4, 0.5) is 26.3 Å². The fourth-order valence-electron chi connectivity index (χ4n) is 5.48. The second kappa shape index (κ2) is 14.2. The molecule has 1 aromatic rings. The third-order valence-corrected chi connectivity index (χ3v) is 7.15. The van der Waals surface area contributed by atoms with Crippen LogP contribution in [0.1, 0.15) is 82.3 Å². The predicted molar refractivity (Wildman–Crippen MR) is 134 cm³/mol. The fourth-order valence-corrected chi connectivity index (χ4v) is 5.48. The zero-order chi connectivity index (χ0) is 29.4. The first-order valence-corrected chi connectivity index (χ1v) is 13.2. The Morgan fingerprint density at radius 1 is 1.00 bits per heavy atom. The van der Waals surface area contributed by atoms with Crippen LogP contribution in [-0.4, -0.2) is 52.4 Å². The topological polar surface area (TPSA) is 77.8 Å². The van der Waals surface area contributed by atoms with Crippen molar-refractivity contribution in [3.8, 4) is 0 Å². The van der Waals surface area contributed by atoms with Gasteiger partial charge in [-0.05, 0) is 80.4 Å². The fraction of sp³-hybridized carbons (Fsp3) is 0.643. The highest BCUT2D eigenvalue weighted by atomic mass is 19.4. The maximum absolute atomic E-state index is 13.1. The third kappa shape index (κ3) is 10.8. The minimum Gasteiger partial charge on any atom is -0.481 e. The molecular formula is C28H37F6NO4. The predicted octanol–water partition coefficient (Wildman–Crippen LogP) is 7.52. The van der Waals surface area contributed by atoms with Crippen LogP contribution in [0.15, 0.2) is 35.9 Å². The van der Waals surface area contributed by atoms with E-state index in [9.17, 15) is 36.2 Å². The van der Waals surface area contributed by atoms with Gasteiger partial charge in [-0.3, -0.25) is 9.69 Å². The molecule has 0 aromatic heterocycles. The lowest BCUT2D eigenvalue weighted by Gasteiger charge is -2.44. The van der Waals surface area contributed by atoms with Crippen molar-refractivity contribution in [3.63, 3.8) is 0 Å².